The van der Waals surface area contributed by atoms with Crippen LogP contribution in [0.25, 0.3) is 22.4 Å². The molecule has 2 heterocycles. The Labute approximate surface area is 154 Å². The molecule has 0 radical (unpaired) electrons. The van der Waals surface area contributed by atoms with Gasteiger partial charge in [-0.2, -0.15) is 0 Å². The highest BCUT2D eigenvalue weighted by Crippen LogP contribution is 2.27. The van der Waals surface area contributed by atoms with Crippen LogP contribution in [0.15, 0.2) is 76.8 Å². The first-order valence-corrected chi connectivity index (χ1v) is 8.96. The van der Waals surface area contributed by atoms with E-state index in [1.807, 2.05) is 35.7 Å². The predicted octanol–water partition coefficient (Wildman–Crippen LogP) is 4.65. The van der Waals surface area contributed by atoms with Crippen LogP contribution in [-0.4, -0.2) is 16.0 Å². The van der Waals surface area contributed by atoms with Crippen LogP contribution in [-0.2, 0) is 11.2 Å². The van der Waals surface area contributed by atoms with Crippen LogP contribution < -0.4 is 5.32 Å². The number of rotatable bonds is 5. The number of amides is 1. The molecular formula is C20H15N3O2S. The highest BCUT2D eigenvalue weighted by atomic mass is 32.1. The first-order chi connectivity index (χ1) is 12.8. The molecule has 2 aromatic carbocycles. The molecule has 26 heavy (non-hydrogen) atoms. The van der Waals surface area contributed by atoms with Gasteiger partial charge in [-0.05, 0) is 11.1 Å². The summed E-state index contributed by atoms with van der Waals surface area (Å²) < 4.78 is 4.73. The topological polar surface area (TPSA) is 68.0 Å². The number of carbonyl (C=O) groups excluding carboxylic acids is 1. The van der Waals surface area contributed by atoms with Gasteiger partial charge in [0.25, 0.3) is 0 Å². The zero-order valence-electron chi connectivity index (χ0n) is 13.8. The largest absolute Gasteiger partial charge is 0.364 e. The molecule has 2 aromatic heterocycles. The van der Waals surface area contributed by atoms with Crippen molar-refractivity contribution >= 4 is 22.4 Å². The molecule has 0 aliphatic carbocycles. The normalized spacial score (nSPS) is 10.6. The first kappa shape index (κ1) is 16.2. The van der Waals surface area contributed by atoms with Crippen LogP contribution >= 0.6 is 11.3 Å². The quantitative estimate of drug-likeness (QED) is 0.562. The third kappa shape index (κ3) is 3.70. The van der Waals surface area contributed by atoms with Crippen LogP contribution in [0.2, 0.25) is 0 Å². The minimum absolute atomic E-state index is 0.164. The number of anilines is 1. The number of thiazole rings is 1. The number of carbonyl (C=O) groups is 1. The highest BCUT2D eigenvalue weighted by Gasteiger charge is 2.10. The van der Waals surface area contributed by atoms with Gasteiger partial charge >= 0.3 is 0 Å². The molecule has 4 aromatic rings. The Morgan fingerprint density at radius 2 is 1.69 bits per heavy atom. The molecule has 0 fully saturated rings. The van der Waals surface area contributed by atoms with Gasteiger partial charge in [0.05, 0.1) is 17.8 Å². The Hall–Kier alpha value is -3.25. The molecule has 4 rings (SSSR count). The lowest BCUT2D eigenvalue weighted by atomic mass is 10.0. The first-order valence-electron chi connectivity index (χ1n) is 8.08. The zero-order valence-corrected chi connectivity index (χ0v) is 14.6. The molecule has 128 valence electrons. The number of hydrogen-bond acceptors (Lipinski definition) is 5. The molecule has 0 atom stereocenters. The van der Waals surface area contributed by atoms with E-state index in [1.165, 1.54) is 23.2 Å². The Morgan fingerprint density at radius 3 is 2.42 bits per heavy atom. The second-order valence-electron chi connectivity index (χ2n) is 5.70. The maximum atomic E-state index is 12.0. The number of hydrogen-bond donors (Lipinski definition) is 1. The summed E-state index contributed by atoms with van der Waals surface area (Å²) in [4.78, 5) is 16.5. The van der Waals surface area contributed by atoms with Crippen molar-refractivity contribution in [3.63, 3.8) is 0 Å². The van der Waals surface area contributed by atoms with E-state index in [2.05, 4.69) is 39.7 Å². The fourth-order valence-electron chi connectivity index (χ4n) is 2.58. The maximum Gasteiger partial charge on any atom is 0.232 e. The van der Waals surface area contributed by atoms with E-state index in [0.29, 0.717) is 10.8 Å². The van der Waals surface area contributed by atoms with Crippen molar-refractivity contribution in [2.45, 2.75) is 6.42 Å². The standard InChI is InChI=1S/C20H15N3O2S/c24-19(12-17-10-11-25-23-17)22-20-21-18(13-26-20)16-8-6-15(7-9-16)14-4-2-1-3-5-14/h1-11,13H,12H2,(H,21,22,24). The van der Waals surface area contributed by atoms with Crippen LogP contribution in [0.5, 0.6) is 0 Å². The highest BCUT2D eigenvalue weighted by molar-refractivity contribution is 7.14. The summed E-state index contributed by atoms with van der Waals surface area (Å²) in [7, 11) is 0. The summed E-state index contributed by atoms with van der Waals surface area (Å²) >= 11 is 1.40. The molecule has 5 nitrogen and oxygen atoms in total. The lowest BCUT2D eigenvalue weighted by Gasteiger charge is -2.03. The number of nitrogens with zero attached hydrogens (tertiary/aromatic N) is 2. The van der Waals surface area contributed by atoms with E-state index >= 15 is 0 Å². The Kier molecular flexibility index (Phi) is 4.57. The van der Waals surface area contributed by atoms with Gasteiger partial charge < -0.3 is 9.84 Å². The smallest absolute Gasteiger partial charge is 0.232 e. The van der Waals surface area contributed by atoms with E-state index in [-0.39, 0.29) is 12.3 Å². The van der Waals surface area contributed by atoms with Crippen molar-refractivity contribution in [3.8, 4) is 22.4 Å². The van der Waals surface area contributed by atoms with Crippen molar-refractivity contribution in [1.82, 2.24) is 10.1 Å². The van der Waals surface area contributed by atoms with Gasteiger partial charge in [0.1, 0.15) is 6.26 Å². The summed E-state index contributed by atoms with van der Waals surface area (Å²) in [5, 5.41) is 9.03. The van der Waals surface area contributed by atoms with Gasteiger partial charge in [-0.1, -0.05) is 59.8 Å². The van der Waals surface area contributed by atoms with E-state index in [1.54, 1.807) is 6.07 Å². The van der Waals surface area contributed by atoms with Crippen LogP contribution in [0.1, 0.15) is 5.69 Å². The predicted molar refractivity (Wildman–Crippen MR) is 102 cm³/mol. The van der Waals surface area contributed by atoms with Gasteiger partial charge in [-0.3, -0.25) is 4.79 Å². The minimum Gasteiger partial charge on any atom is -0.364 e. The molecule has 0 bridgehead atoms. The van der Waals surface area contributed by atoms with Crippen LogP contribution in [0.3, 0.4) is 0 Å². The molecule has 1 amide bonds. The molecule has 0 aliphatic heterocycles. The average molecular weight is 361 g/mol. The van der Waals surface area contributed by atoms with Crippen LogP contribution in [0, 0.1) is 0 Å². The lowest BCUT2D eigenvalue weighted by molar-refractivity contribution is -0.115. The van der Waals surface area contributed by atoms with Gasteiger partial charge in [0.15, 0.2) is 5.13 Å². The lowest BCUT2D eigenvalue weighted by Crippen LogP contribution is -2.14. The Morgan fingerprint density at radius 1 is 0.962 bits per heavy atom. The van der Waals surface area contributed by atoms with Gasteiger partial charge in [0.2, 0.25) is 5.91 Å². The summed E-state index contributed by atoms with van der Waals surface area (Å²) in [6.07, 6.45) is 1.61. The zero-order chi connectivity index (χ0) is 17.8. The molecule has 0 unspecified atom stereocenters. The van der Waals surface area contributed by atoms with E-state index < -0.39 is 0 Å². The number of benzene rings is 2. The fourth-order valence-corrected chi connectivity index (χ4v) is 3.32. The summed E-state index contributed by atoms with van der Waals surface area (Å²) in [5.41, 5.74) is 4.78. The second kappa shape index (κ2) is 7.33. The van der Waals surface area contributed by atoms with Crippen molar-refractivity contribution in [2.75, 3.05) is 5.32 Å². The van der Waals surface area contributed by atoms with Crippen molar-refractivity contribution in [3.05, 3.63) is 78.0 Å². The van der Waals surface area contributed by atoms with Crippen molar-refractivity contribution < 1.29 is 9.32 Å². The van der Waals surface area contributed by atoms with Crippen molar-refractivity contribution in [1.29, 1.82) is 0 Å². The van der Waals surface area contributed by atoms with E-state index in [4.69, 9.17) is 4.52 Å². The molecular weight excluding hydrogens is 346 g/mol. The fraction of sp³-hybridized carbons (Fsp3) is 0.0500. The number of nitrogens with one attached hydrogen (secondary N) is 1. The average Bonchev–Trinajstić information content (AvgIpc) is 3.35. The summed E-state index contributed by atoms with van der Waals surface area (Å²) in [6.45, 7) is 0. The molecule has 0 saturated carbocycles. The molecule has 1 N–H and O–H groups in total. The maximum absolute atomic E-state index is 12.0. The van der Waals surface area contributed by atoms with Gasteiger partial charge in [-0.15, -0.1) is 11.3 Å². The summed E-state index contributed by atoms with van der Waals surface area (Å²) in [6, 6.07) is 20.1. The van der Waals surface area contributed by atoms with Gasteiger partial charge in [0, 0.05) is 17.0 Å². The molecule has 6 heteroatoms. The Bertz CT molecular complexity index is 993. The minimum atomic E-state index is -0.167. The van der Waals surface area contributed by atoms with Crippen molar-refractivity contribution in [2.24, 2.45) is 0 Å². The van der Waals surface area contributed by atoms with Crippen LogP contribution in [0.4, 0.5) is 5.13 Å². The monoisotopic (exact) mass is 361 g/mol. The molecule has 0 aliphatic rings. The van der Waals surface area contributed by atoms with Gasteiger partial charge in [-0.25, -0.2) is 4.98 Å². The second-order valence-corrected chi connectivity index (χ2v) is 6.56. The molecule has 0 spiro atoms. The SMILES string of the molecule is O=C(Cc1ccon1)Nc1nc(-c2ccc(-c3ccccc3)cc2)cs1. The molecule has 0 saturated heterocycles. The van der Waals surface area contributed by atoms with E-state index in [9.17, 15) is 4.79 Å². The third-order valence-electron chi connectivity index (χ3n) is 3.87. The Balaban J connectivity index is 1.45. The van der Waals surface area contributed by atoms with E-state index in [0.717, 1.165) is 16.8 Å². The summed E-state index contributed by atoms with van der Waals surface area (Å²) in [5.74, 6) is -0.167. The number of aromatic nitrogens is 2. The third-order valence-corrected chi connectivity index (χ3v) is 4.63.